The fourth-order valence-electron chi connectivity index (χ4n) is 5.55. The van der Waals surface area contributed by atoms with E-state index >= 15 is 0 Å². The molecule has 2 atom stereocenters. The van der Waals surface area contributed by atoms with E-state index in [0.717, 1.165) is 0 Å². The van der Waals surface area contributed by atoms with Crippen LogP contribution in [0.2, 0.25) is 10.0 Å². The molecule has 0 aromatic heterocycles. The van der Waals surface area contributed by atoms with Crippen LogP contribution in [-0.2, 0) is 19.1 Å². The Morgan fingerprint density at radius 2 is 1.64 bits per heavy atom. The van der Waals surface area contributed by atoms with E-state index in [1.165, 1.54) is 24.4 Å². The van der Waals surface area contributed by atoms with Gasteiger partial charge in [0.1, 0.15) is 12.0 Å². The van der Waals surface area contributed by atoms with Crippen molar-refractivity contribution in [1.82, 2.24) is 5.32 Å². The van der Waals surface area contributed by atoms with Crippen molar-refractivity contribution >= 4 is 52.9 Å². The highest BCUT2D eigenvalue weighted by Gasteiger charge is 2.79. The average molecular weight is 610 g/mol. The number of ketones is 2. The lowest BCUT2D eigenvalue weighted by atomic mass is 9.62. The minimum atomic E-state index is -2.54. The summed E-state index contributed by atoms with van der Waals surface area (Å²) in [4.78, 5) is 61.3. The lowest BCUT2D eigenvalue weighted by Gasteiger charge is -2.38. The van der Waals surface area contributed by atoms with Crippen molar-refractivity contribution in [2.45, 2.75) is 45.7 Å². The minimum absolute atomic E-state index is 0.00336. The van der Waals surface area contributed by atoms with Gasteiger partial charge < -0.3 is 14.8 Å². The first-order valence-electron chi connectivity index (χ1n) is 13.3. The van der Waals surface area contributed by atoms with Crippen molar-refractivity contribution in [1.29, 1.82) is 5.26 Å². The van der Waals surface area contributed by atoms with Gasteiger partial charge in [-0.25, -0.2) is 4.79 Å². The predicted molar refractivity (Wildman–Crippen MR) is 157 cm³/mol. The van der Waals surface area contributed by atoms with Crippen LogP contribution in [0.1, 0.15) is 60.9 Å². The molecule has 42 heavy (non-hydrogen) atoms. The van der Waals surface area contributed by atoms with Gasteiger partial charge in [-0.05, 0) is 46.8 Å². The molecule has 218 valence electrons. The van der Waals surface area contributed by atoms with E-state index in [9.17, 15) is 24.4 Å². The average Bonchev–Trinajstić information content (AvgIpc) is 3.30. The number of nitrogens with zero attached hydrogens (tertiary/aromatic N) is 2. The van der Waals surface area contributed by atoms with Crippen molar-refractivity contribution in [2.75, 3.05) is 13.2 Å². The maximum atomic E-state index is 14.6. The summed E-state index contributed by atoms with van der Waals surface area (Å²) in [5.74, 6) is -5.56. The van der Waals surface area contributed by atoms with E-state index in [-0.39, 0.29) is 40.6 Å². The molecule has 0 fully saturated rings. The van der Waals surface area contributed by atoms with Gasteiger partial charge in [0.15, 0.2) is 17.0 Å². The standard InChI is InChI=1S/C31H29Cl2N3O6/c1-6-41-27(39)22-23(28(40)42-7-2)31(25(37)19-10-8-9-11-20(19)26(31)38)30(16-34,24(22)36-29(3,4)5)35-15-17-12-13-18(32)14-21(17)33/h8-15,23,36H,6-7H2,1-5H3/t23-,30-/m1/s1. The fourth-order valence-corrected chi connectivity index (χ4v) is 6.01. The second-order valence-corrected chi connectivity index (χ2v) is 11.7. The third-order valence-corrected chi connectivity index (χ3v) is 7.66. The van der Waals surface area contributed by atoms with E-state index in [2.05, 4.69) is 16.4 Å². The summed E-state index contributed by atoms with van der Waals surface area (Å²) in [6.45, 7) is 8.17. The molecule has 2 aliphatic rings. The fraction of sp³-hybridized carbons (Fsp3) is 0.355. The van der Waals surface area contributed by atoms with Crippen molar-refractivity contribution in [3.05, 3.63) is 80.5 Å². The summed E-state index contributed by atoms with van der Waals surface area (Å²) in [5, 5.41) is 14.7. The summed E-state index contributed by atoms with van der Waals surface area (Å²) in [7, 11) is 0. The Balaban J connectivity index is 2.19. The SMILES string of the molecule is CCOC(=O)C1=C(NC(C)(C)C)[C@@](C#N)(N=Cc2ccc(Cl)cc2Cl)C2(C(=O)c3ccccc3C2=O)[C@H]1C(=O)OCC. The van der Waals surface area contributed by atoms with Crippen molar-refractivity contribution in [3.63, 3.8) is 0 Å². The number of benzene rings is 2. The molecule has 1 spiro atoms. The van der Waals surface area contributed by atoms with Gasteiger partial charge in [-0.2, -0.15) is 5.26 Å². The summed E-state index contributed by atoms with van der Waals surface area (Å²) in [6, 6.07) is 12.7. The molecule has 2 aromatic rings. The first kappa shape index (κ1) is 30.9. The van der Waals surface area contributed by atoms with Gasteiger partial charge in [-0.1, -0.05) is 53.5 Å². The van der Waals surface area contributed by atoms with E-state index in [1.54, 1.807) is 58.9 Å². The zero-order valence-corrected chi connectivity index (χ0v) is 25.2. The van der Waals surface area contributed by atoms with Crippen LogP contribution in [0.4, 0.5) is 0 Å². The normalized spacial score (nSPS) is 21.0. The third kappa shape index (κ3) is 4.69. The molecule has 0 bridgehead atoms. The lowest BCUT2D eigenvalue weighted by Crippen LogP contribution is -2.59. The number of Topliss-reactive ketones (excluding diaryl/α,β-unsaturated/α-hetero) is 2. The van der Waals surface area contributed by atoms with E-state index in [0.29, 0.717) is 10.6 Å². The van der Waals surface area contributed by atoms with Crippen molar-refractivity contribution in [2.24, 2.45) is 16.3 Å². The number of carbonyl (C=O) groups is 4. The number of ether oxygens (including phenoxy) is 2. The Morgan fingerprint density at radius 3 is 2.14 bits per heavy atom. The molecule has 4 rings (SSSR count). The second-order valence-electron chi connectivity index (χ2n) is 10.8. The Morgan fingerprint density at radius 1 is 1.05 bits per heavy atom. The van der Waals surface area contributed by atoms with Crippen molar-refractivity contribution < 1.29 is 28.7 Å². The Labute approximate surface area is 253 Å². The van der Waals surface area contributed by atoms with Crippen molar-refractivity contribution in [3.8, 4) is 6.07 Å². The number of fused-ring (bicyclic) bond motifs is 1. The molecular formula is C31H29Cl2N3O6. The quantitative estimate of drug-likeness (QED) is 0.259. The summed E-state index contributed by atoms with van der Waals surface area (Å²) in [5.41, 5.74) is -6.10. The summed E-state index contributed by atoms with van der Waals surface area (Å²) < 4.78 is 10.7. The van der Waals surface area contributed by atoms with Crippen LogP contribution in [0, 0.1) is 22.7 Å². The zero-order chi connectivity index (χ0) is 31.0. The van der Waals surface area contributed by atoms with Gasteiger partial charge in [0.05, 0.1) is 29.5 Å². The summed E-state index contributed by atoms with van der Waals surface area (Å²) >= 11 is 12.5. The molecule has 0 saturated carbocycles. The number of hydrogen-bond donors (Lipinski definition) is 1. The number of rotatable bonds is 7. The number of carbonyl (C=O) groups excluding carboxylic acids is 4. The smallest absolute Gasteiger partial charge is 0.336 e. The van der Waals surface area contributed by atoms with Gasteiger partial charge >= 0.3 is 11.9 Å². The number of nitrogens with one attached hydrogen (secondary N) is 1. The monoisotopic (exact) mass is 609 g/mol. The molecule has 0 amide bonds. The molecule has 0 saturated heterocycles. The lowest BCUT2D eigenvalue weighted by molar-refractivity contribution is -0.152. The number of nitriles is 1. The first-order valence-corrected chi connectivity index (χ1v) is 14.0. The van der Waals surface area contributed by atoms with Crippen LogP contribution < -0.4 is 5.32 Å². The predicted octanol–water partition coefficient (Wildman–Crippen LogP) is 5.14. The van der Waals surface area contributed by atoms with E-state index in [1.807, 2.05) is 0 Å². The van der Waals surface area contributed by atoms with Gasteiger partial charge in [0, 0.05) is 33.5 Å². The highest BCUT2D eigenvalue weighted by atomic mass is 35.5. The second kappa shape index (κ2) is 11.3. The Kier molecular flexibility index (Phi) is 8.36. The maximum Gasteiger partial charge on any atom is 0.336 e. The molecule has 1 N–H and O–H groups in total. The Bertz CT molecular complexity index is 1570. The van der Waals surface area contributed by atoms with Crippen LogP contribution in [0.3, 0.4) is 0 Å². The van der Waals surface area contributed by atoms with Gasteiger partial charge in [-0.3, -0.25) is 19.4 Å². The van der Waals surface area contributed by atoms with E-state index in [4.69, 9.17) is 32.7 Å². The van der Waals surface area contributed by atoms with Gasteiger partial charge in [0.25, 0.3) is 0 Å². The first-order chi connectivity index (χ1) is 19.8. The highest BCUT2D eigenvalue weighted by molar-refractivity contribution is 6.36. The minimum Gasteiger partial charge on any atom is -0.465 e. The van der Waals surface area contributed by atoms with Crippen LogP contribution in [0.5, 0.6) is 0 Å². The number of hydrogen-bond acceptors (Lipinski definition) is 9. The van der Waals surface area contributed by atoms with Gasteiger partial charge in [-0.15, -0.1) is 0 Å². The van der Waals surface area contributed by atoms with Gasteiger partial charge in [0.2, 0.25) is 5.54 Å². The molecule has 0 unspecified atom stereocenters. The number of esters is 2. The zero-order valence-electron chi connectivity index (χ0n) is 23.7. The van der Waals surface area contributed by atoms with Crippen LogP contribution >= 0.6 is 23.2 Å². The molecule has 0 radical (unpaired) electrons. The largest absolute Gasteiger partial charge is 0.465 e. The third-order valence-electron chi connectivity index (χ3n) is 7.10. The Hall–Kier alpha value is -4.00. The maximum absolute atomic E-state index is 14.6. The number of halogens is 2. The van der Waals surface area contributed by atoms with E-state index < -0.39 is 45.9 Å². The molecule has 2 aromatic carbocycles. The molecular weight excluding hydrogens is 581 g/mol. The molecule has 2 aliphatic carbocycles. The molecule has 11 heteroatoms. The highest BCUT2D eigenvalue weighted by Crippen LogP contribution is 2.61. The number of aliphatic imine (C=N–C) groups is 1. The molecule has 0 heterocycles. The topological polar surface area (TPSA) is 135 Å². The molecule has 9 nitrogen and oxygen atoms in total. The summed E-state index contributed by atoms with van der Waals surface area (Å²) in [6.07, 6.45) is 1.23. The van der Waals surface area contributed by atoms with Crippen LogP contribution in [0.15, 0.2) is 58.7 Å². The van der Waals surface area contributed by atoms with Crippen LogP contribution in [0.25, 0.3) is 0 Å². The van der Waals surface area contributed by atoms with Crippen LogP contribution in [-0.4, -0.2) is 54.0 Å². The molecule has 0 aliphatic heterocycles.